The molecular weight excluding hydrogens is 349 g/mol. The summed E-state index contributed by atoms with van der Waals surface area (Å²) in [7, 11) is 1.71. The zero-order valence-electron chi connectivity index (χ0n) is 14.3. The largest absolute Gasteiger partial charge is 0.493 e. The Morgan fingerprint density at radius 3 is 2.69 bits per heavy atom. The molecule has 1 aliphatic heterocycles. The zero-order chi connectivity index (χ0) is 18.3. The molecule has 6 heteroatoms. The summed E-state index contributed by atoms with van der Waals surface area (Å²) in [6, 6.07) is 14.2. The van der Waals surface area contributed by atoms with Crippen molar-refractivity contribution in [3.63, 3.8) is 0 Å². The van der Waals surface area contributed by atoms with Gasteiger partial charge >= 0.3 is 0 Å². The quantitative estimate of drug-likeness (QED) is 0.696. The van der Waals surface area contributed by atoms with Crippen LogP contribution in [-0.4, -0.2) is 15.4 Å². The van der Waals surface area contributed by atoms with Crippen molar-refractivity contribution in [2.24, 2.45) is 17.0 Å². The van der Waals surface area contributed by atoms with Gasteiger partial charge in [0.1, 0.15) is 11.5 Å². The van der Waals surface area contributed by atoms with E-state index < -0.39 is 5.82 Å². The van der Waals surface area contributed by atoms with Crippen LogP contribution in [0.25, 0.3) is 11.6 Å². The number of rotatable bonds is 2. The second kappa shape index (κ2) is 6.38. The van der Waals surface area contributed by atoms with E-state index >= 15 is 0 Å². The second-order valence-electron chi connectivity index (χ2n) is 5.97. The molecule has 4 nitrogen and oxygen atoms in total. The lowest BCUT2D eigenvalue weighted by molar-refractivity contribution is 0.427. The number of thiazole rings is 1. The van der Waals surface area contributed by atoms with E-state index in [0.29, 0.717) is 9.68 Å². The third kappa shape index (κ3) is 2.78. The predicted octanol–water partition coefficient (Wildman–Crippen LogP) is 4.81. The van der Waals surface area contributed by atoms with E-state index in [1.54, 1.807) is 29.8 Å². The van der Waals surface area contributed by atoms with Crippen LogP contribution in [0, 0.1) is 5.82 Å². The highest BCUT2D eigenvalue weighted by Gasteiger charge is 2.19. The molecule has 0 amide bonds. The molecule has 0 saturated heterocycles. The van der Waals surface area contributed by atoms with Crippen molar-refractivity contribution in [1.29, 1.82) is 0 Å². The molecule has 3 aromatic rings. The Morgan fingerprint density at radius 2 is 1.88 bits per heavy atom. The molecular formula is C20H16FN3OS. The molecule has 0 bridgehead atoms. The van der Waals surface area contributed by atoms with Crippen molar-refractivity contribution in [3.05, 3.63) is 69.6 Å². The lowest BCUT2D eigenvalue weighted by Gasteiger charge is -2.01. The van der Waals surface area contributed by atoms with Gasteiger partial charge in [-0.2, -0.15) is 0 Å². The maximum Gasteiger partial charge on any atom is 0.210 e. The standard InChI is InChI=1S/C20H16FN3OS/c1-12-14(13-7-3-5-9-16(13)22-12)11-18-19(25)24(2)20(26-18)23-17-10-6-4-8-15(17)21/h3-11,25H,1-2H3/b14-11-,23-20?. The van der Waals surface area contributed by atoms with Crippen molar-refractivity contribution in [2.75, 3.05) is 0 Å². The Bertz CT molecular complexity index is 1140. The predicted molar refractivity (Wildman–Crippen MR) is 104 cm³/mol. The lowest BCUT2D eigenvalue weighted by Crippen LogP contribution is -2.08. The van der Waals surface area contributed by atoms with Gasteiger partial charge in [-0.05, 0) is 31.2 Å². The van der Waals surface area contributed by atoms with Gasteiger partial charge < -0.3 is 5.11 Å². The van der Waals surface area contributed by atoms with Gasteiger partial charge in [0.05, 0.1) is 10.6 Å². The van der Waals surface area contributed by atoms with Crippen molar-refractivity contribution in [3.8, 4) is 5.88 Å². The lowest BCUT2D eigenvalue weighted by atomic mass is 10.0. The van der Waals surface area contributed by atoms with Gasteiger partial charge in [0, 0.05) is 23.9 Å². The molecule has 0 fully saturated rings. The number of nitrogens with zero attached hydrogens (tertiary/aromatic N) is 3. The van der Waals surface area contributed by atoms with Crippen molar-refractivity contribution >= 4 is 40.1 Å². The van der Waals surface area contributed by atoms with Crippen molar-refractivity contribution < 1.29 is 9.50 Å². The zero-order valence-corrected chi connectivity index (χ0v) is 15.1. The van der Waals surface area contributed by atoms with Crippen LogP contribution < -0.4 is 4.80 Å². The molecule has 1 aliphatic rings. The fraction of sp³-hybridized carbons (Fsp3) is 0.100. The summed E-state index contributed by atoms with van der Waals surface area (Å²) in [5, 5.41) is 10.5. The molecule has 0 spiro atoms. The summed E-state index contributed by atoms with van der Waals surface area (Å²) in [6.45, 7) is 1.95. The van der Waals surface area contributed by atoms with E-state index in [1.807, 2.05) is 37.3 Å². The minimum absolute atomic E-state index is 0.0924. The van der Waals surface area contributed by atoms with Crippen LogP contribution in [0.15, 0.2) is 58.5 Å². The molecule has 0 aliphatic carbocycles. The average Bonchev–Trinajstić information content (AvgIpc) is 3.09. The molecule has 0 unspecified atom stereocenters. The number of aromatic nitrogens is 1. The number of fused-ring (bicyclic) bond motifs is 1. The number of allylic oxidation sites excluding steroid dienone is 1. The first-order valence-corrected chi connectivity index (χ1v) is 8.91. The number of para-hydroxylation sites is 2. The minimum atomic E-state index is -0.395. The van der Waals surface area contributed by atoms with Crippen LogP contribution in [0.4, 0.5) is 15.8 Å². The van der Waals surface area contributed by atoms with Gasteiger partial charge in [0.2, 0.25) is 5.88 Å². The Kier molecular flexibility index (Phi) is 4.05. The molecule has 2 aromatic carbocycles. The summed E-state index contributed by atoms with van der Waals surface area (Å²) in [4.78, 5) is 10.1. The first kappa shape index (κ1) is 16.5. The molecule has 0 radical (unpaired) electrons. The normalized spacial score (nSPS) is 15.4. The summed E-state index contributed by atoms with van der Waals surface area (Å²) in [6.07, 6.45) is 1.91. The van der Waals surface area contributed by atoms with E-state index in [2.05, 4.69) is 9.98 Å². The third-order valence-electron chi connectivity index (χ3n) is 4.24. The summed E-state index contributed by atoms with van der Waals surface area (Å²) in [5.41, 5.74) is 4.07. The van der Waals surface area contributed by atoms with Gasteiger partial charge in [-0.1, -0.05) is 41.7 Å². The Morgan fingerprint density at radius 1 is 1.15 bits per heavy atom. The molecule has 1 aromatic heterocycles. The third-order valence-corrected chi connectivity index (χ3v) is 5.31. The van der Waals surface area contributed by atoms with Gasteiger partial charge in [0.25, 0.3) is 0 Å². The molecule has 4 rings (SSSR count). The maximum atomic E-state index is 13.9. The van der Waals surface area contributed by atoms with Crippen molar-refractivity contribution in [1.82, 2.24) is 4.57 Å². The SMILES string of the molecule is CC1=Nc2ccccc2/C1=C\c1sc(=Nc2ccccc2F)n(C)c1O. The average molecular weight is 365 g/mol. The maximum absolute atomic E-state index is 13.9. The van der Waals surface area contributed by atoms with E-state index in [-0.39, 0.29) is 11.6 Å². The number of benzene rings is 2. The van der Waals surface area contributed by atoms with Gasteiger partial charge in [0.15, 0.2) is 4.80 Å². The Labute approximate surface area is 153 Å². The summed E-state index contributed by atoms with van der Waals surface area (Å²) in [5.74, 6) is -0.303. The Balaban J connectivity index is 1.83. The molecule has 1 N–H and O–H groups in total. The number of aliphatic imine (C=N–C) groups is 1. The van der Waals surface area contributed by atoms with E-state index in [9.17, 15) is 9.50 Å². The highest BCUT2D eigenvalue weighted by molar-refractivity contribution is 7.10. The molecule has 0 atom stereocenters. The molecule has 0 saturated carbocycles. The van der Waals surface area contributed by atoms with E-state index in [1.165, 1.54) is 17.4 Å². The monoisotopic (exact) mass is 365 g/mol. The minimum Gasteiger partial charge on any atom is -0.493 e. The van der Waals surface area contributed by atoms with Crippen LogP contribution in [-0.2, 0) is 7.05 Å². The van der Waals surface area contributed by atoms with E-state index in [4.69, 9.17) is 0 Å². The van der Waals surface area contributed by atoms with Gasteiger partial charge in [-0.3, -0.25) is 9.56 Å². The second-order valence-corrected chi connectivity index (χ2v) is 6.98. The number of aromatic hydroxyl groups is 1. The van der Waals surface area contributed by atoms with Gasteiger partial charge in [-0.15, -0.1) is 0 Å². The topological polar surface area (TPSA) is 49.9 Å². The summed E-state index contributed by atoms with van der Waals surface area (Å²) >= 11 is 1.30. The molecule has 130 valence electrons. The Hall–Kier alpha value is -2.99. The number of hydrogen-bond acceptors (Lipinski definition) is 4. The van der Waals surface area contributed by atoms with Crippen molar-refractivity contribution in [2.45, 2.75) is 6.92 Å². The highest BCUT2D eigenvalue weighted by Crippen LogP contribution is 2.37. The smallest absolute Gasteiger partial charge is 0.210 e. The molecule has 26 heavy (non-hydrogen) atoms. The van der Waals surface area contributed by atoms with Crippen LogP contribution >= 0.6 is 11.3 Å². The van der Waals surface area contributed by atoms with Gasteiger partial charge in [-0.25, -0.2) is 9.38 Å². The number of halogens is 1. The highest BCUT2D eigenvalue weighted by atomic mass is 32.1. The van der Waals surface area contributed by atoms with Crippen LogP contribution in [0.1, 0.15) is 17.4 Å². The summed E-state index contributed by atoms with van der Waals surface area (Å²) < 4.78 is 15.4. The van der Waals surface area contributed by atoms with Crippen LogP contribution in [0.3, 0.4) is 0 Å². The van der Waals surface area contributed by atoms with Crippen LogP contribution in [0.2, 0.25) is 0 Å². The van der Waals surface area contributed by atoms with Crippen LogP contribution in [0.5, 0.6) is 5.88 Å². The first-order chi connectivity index (χ1) is 12.5. The fourth-order valence-corrected chi connectivity index (χ4v) is 3.82. The first-order valence-electron chi connectivity index (χ1n) is 8.09. The van der Waals surface area contributed by atoms with E-state index in [0.717, 1.165) is 22.5 Å². The fourth-order valence-electron chi connectivity index (χ4n) is 2.85. The molecule has 2 heterocycles. The number of hydrogen-bond donors (Lipinski definition) is 1.